The maximum Gasteiger partial charge on any atom is 0.339 e. The fourth-order valence-electron chi connectivity index (χ4n) is 1.63. The van der Waals surface area contributed by atoms with Gasteiger partial charge < -0.3 is 9.84 Å². The van der Waals surface area contributed by atoms with Crippen molar-refractivity contribution in [2.24, 2.45) is 0 Å². The van der Waals surface area contributed by atoms with Crippen molar-refractivity contribution in [3.05, 3.63) is 41.3 Å². The first-order chi connectivity index (χ1) is 8.61. The summed E-state index contributed by atoms with van der Waals surface area (Å²) in [5.41, 5.74) is 1.57. The SMILES string of the molecule is COc1cccc(Cn2ncc(C(=O)O)c2C)n1. The summed E-state index contributed by atoms with van der Waals surface area (Å²) in [4.78, 5) is 15.2. The molecule has 0 aliphatic carbocycles. The van der Waals surface area contributed by atoms with Crippen LogP contribution in [0.2, 0.25) is 0 Å². The van der Waals surface area contributed by atoms with Crippen LogP contribution in [0.25, 0.3) is 0 Å². The van der Waals surface area contributed by atoms with Gasteiger partial charge in [0.1, 0.15) is 5.56 Å². The van der Waals surface area contributed by atoms with Gasteiger partial charge in [0, 0.05) is 6.07 Å². The first-order valence-electron chi connectivity index (χ1n) is 5.37. The number of methoxy groups -OCH3 is 1. The van der Waals surface area contributed by atoms with Crippen molar-refractivity contribution in [1.82, 2.24) is 14.8 Å². The van der Waals surface area contributed by atoms with Crippen molar-refractivity contribution >= 4 is 5.97 Å². The number of rotatable bonds is 4. The lowest BCUT2D eigenvalue weighted by Crippen LogP contribution is -2.07. The van der Waals surface area contributed by atoms with Crippen molar-refractivity contribution < 1.29 is 14.6 Å². The highest BCUT2D eigenvalue weighted by Crippen LogP contribution is 2.11. The van der Waals surface area contributed by atoms with Crippen molar-refractivity contribution in [2.45, 2.75) is 13.5 Å². The van der Waals surface area contributed by atoms with E-state index in [1.807, 2.05) is 12.1 Å². The first kappa shape index (κ1) is 12.1. The second kappa shape index (κ2) is 4.87. The van der Waals surface area contributed by atoms with Gasteiger partial charge in [-0.25, -0.2) is 9.78 Å². The maximum atomic E-state index is 10.9. The molecule has 0 spiro atoms. The molecule has 6 nitrogen and oxygen atoms in total. The molecule has 2 rings (SSSR count). The van der Waals surface area contributed by atoms with Crippen LogP contribution in [0.1, 0.15) is 21.7 Å². The van der Waals surface area contributed by atoms with E-state index in [2.05, 4.69) is 10.1 Å². The lowest BCUT2D eigenvalue weighted by molar-refractivity contribution is 0.0696. The summed E-state index contributed by atoms with van der Waals surface area (Å²) in [6.07, 6.45) is 1.35. The van der Waals surface area contributed by atoms with E-state index in [1.54, 1.807) is 24.8 Å². The Morgan fingerprint density at radius 3 is 2.89 bits per heavy atom. The van der Waals surface area contributed by atoms with Crippen LogP contribution in [0.4, 0.5) is 0 Å². The van der Waals surface area contributed by atoms with Gasteiger partial charge in [-0.3, -0.25) is 4.68 Å². The number of aromatic carboxylic acids is 1. The quantitative estimate of drug-likeness (QED) is 0.882. The summed E-state index contributed by atoms with van der Waals surface area (Å²) < 4.78 is 6.63. The third-order valence-electron chi connectivity index (χ3n) is 2.64. The minimum absolute atomic E-state index is 0.206. The van der Waals surface area contributed by atoms with Gasteiger partial charge in [0.2, 0.25) is 5.88 Å². The Morgan fingerprint density at radius 2 is 2.28 bits per heavy atom. The van der Waals surface area contributed by atoms with E-state index in [0.29, 0.717) is 18.1 Å². The lowest BCUT2D eigenvalue weighted by atomic mass is 10.2. The minimum atomic E-state index is -0.975. The monoisotopic (exact) mass is 247 g/mol. The molecule has 18 heavy (non-hydrogen) atoms. The molecule has 2 aromatic heterocycles. The van der Waals surface area contributed by atoms with Crippen LogP contribution < -0.4 is 4.74 Å². The highest BCUT2D eigenvalue weighted by Gasteiger charge is 2.13. The van der Waals surface area contributed by atoms with E-state index in [-0.39, 0.29) is 5.56 Å². The van der Waals surface area contributed by atoms with E-state index >= 15 is 0 Å². The lowest BCUT2D eigenvalue weighted by Gasteiger charge is -2.05. The Kier molecular flexibility index (Phi) is 3.27. The van der Waals surface area contributed by atoms with Crippen LogP contribution in [-0.4, -0.2) is 33.0 Å². The normalized spacial score (nSPS) is 10.3. The number of carboxylic acid groups (broad SMARTS) is 1. The molecule has 0 bridgehead atoms. The zero-order valence-electron chi connectivity index (χ0n) is 10.1. The highest BCUT2D eigenvalue weighted by molar-refractivity contribution is 5.88. The van der Waals surface area contributed by atoms with Crippen LogP contribution in [0.15, 0.2) is 24.4 Å². The number of ether oxygens (including phenoxy) is 1. The van der Waals surface area contributed by atoms with Crippen molar-refractivity contribution in [2.75, 3.05) is 7.11 Å². The van der Waals surface area contributed by atoms with Crippen molar-refractivity contribution in [3.8, 4) is 5.88 Å². The molecule has 0 fully saturated rings. The predicted octanol–water partition coefficient (Wildman–Crippen LogP) is 1.34. The van der Waals surface area contributed by atoms with Crippen LogP contribution in [0.5, 0.6) is 5.88 Å². The summed E-state index contributed by atoms with van der Waals surface area (Å²) in [6.45, 7) is 2.13. The first-order valence-corrected chi connectivity index (χ1v) is 5.37. The van der Waals surface area contributed by atoms with Gasteiger partial charge in [0.25, 0.3) is 0 Å². The Hall–Kier alpha value is -2.37. The molecule has 2 aromatic rings. The smallest absolute Gasteiger partial charge is 0.339 e. The standard InChI is InChI=1S/C12H13N3O3/c1-8-10(12(16)17)6-13-15(8)7-9-4-3-5-11(14-9)18-2/h3-6H,7H2,1-2H3,(H,16,17). The molecule has 6 heteroatoms. The second-order valence-electron chi connectivity index (χ2n) is 3.78. The van der Waals surface area contributed by atoms with Crippen LogP contribution >= 0.6 is 0 Å². The van der Waals surface area contributed by atoms with Crippen LogP contribution in [0.3, 0.4) is 0 Å². The topological polar surface area (TPSA) is 77.2 Å². The number of hydrogen-bond acceptors (Lipinski definition) is 4. The fraction of sp³-hybridized carbons (Fsp3) is 0.250. The number of nitrogens with zero attached hydrogens (tertiary/aromatic N) is 3. The van der Waals surface area contributed by atoms with Gasteiger partial charge >= 0.3 is 5.97 Å². The summed E-state index contributed by atoms with van der Waals surface area (Å²) in [5.74, 6) is -0.451. The third kappa shape index (κ3) is 2.32. The Bertz CT molecular complexity index is 578. The van der Waals surface area contributed by atoms with E-state index in [4.69, 9.17) is 9.84 Å². The third-order valence-corrected chi connectivity index (χ3v) is 2.64. The number of pyridine rings is 1. The summed E-state index contributed by atoms with van der Waals surface area (Å²) >= 11 is 0. The average Bonchev–Trinajstić information content (AvgIpc) is 2.71. The Morgan fingerprint density at radius 1 is 1.50 bits per heavy atom. The van der Waals surface area contributed by atoms with Gasteiger partial charge in [0.15, 0.2) is 0 Å². The van der Waals surface area contributed by atoms with Crippen LogP contribution in [-0.2, 0) is 6.54 Å². The Balaban J connectivity index is 2.26. The molecule has 94 valence electrons. The summed E-state index contributed by atoms with van der Waals surface area (Å²) in [6, 6.07) is 5.42. The number of carboxylic acids is 1. The largest absolute Gasteiger partial charge is 0.481 e. The van der Waals surface area contributed by atoms with Gasteiger partial charge in [-0.1, -0.05) is 6.07 Å². The molecule has 0 radical (unpaired) electrons. The molecular weight excluding hydrogens is 234 g/mol. The molecule has 0 aliphatic rings. The molecule has 0 saturated carbocycles. The molecule has 0 unspecified atom stereocenters. The number of carbonyl (C=O) groups is 1. The highest BCUT2D eigenvalue weighted by atomic mass is 16.5. The fourth-order valence-corrected chi connectivity index (χ4v) is 1.63. The van der Waals surface area contributed by atoms with Gasteiger partial charge in [-0.05, 0) is 13.0 Å². The van der Waals surface area contributed by atoms with Gasteiger partial charge in [-0.2, -0.15) is 5.10 Å². The maximum absolute atomic E-state index is 10.9. The molecule has 2 heterocycles. The number of hydrogen-bond donors (Lipinski definition) is 1. The molecular formula is C12H13N3O3. The molecule has 0 atom stereocenters. The van der Waals surface area contributed by atoms with Crippen molar-refractivity contribution in [1.29, 1.82) is 0 Å². The van der Waals surface area contributed by atoms with Crippen molar-refractivity contribution in [3.63, 3.8) is 0 Å². The Labute approximate surface area is 104 Å². The zero-order valence-corrected chi connectivity index (χ0v) is 10.1. The minimum Gasteiger partial charge on any atom is -0.481 e. The molecule has 0 amide bonds. The summed E-state index contributed by atoms with van der Waals surface area (Å²) in [5, 5.41) is 13.0. The predicted molar refractivity (Wildman–Crippen MR) is 63.8 cm³/mol. The molecule has 0 aliphatic heterocycles. The van der Waals surface area contributed by atoms with E-state index in [0.717, 1.165) is 5.69 Å². The van der Waals surface area contributed by atoms with Gasteiger partial charge in [-0.15, -0.1) is 0 Å². The van der Waals surface area contributed by atoms with E-state index in [9.17, 15) is 4.79 Å². The molecule has 0 saturated heterocycles. The molecule has 1 N–H and O–H groups in total. The van der Waals surface area contributed by atoms with E-state index in [1.165, 1.54) is 6.20 Å². The van der Waals surface area contributed by atoms with E-state index < -0.39 is 5.97 Å². The zero-order chi connectivity index (χ0) is 13.1. The number of aromatic nitrogens is 3. The average molecular weight is 247 g/mol. The molecule has 0 aromatic carbocycles. The van der Waals surface area contributed by atoms with Crippen LogP contribution in [0, 0.1) is 6.92 Å². The second-order valence-corrected chi connectivity index (χ2v) is 3.78. The summed E-state index contributed by atoms with van der Waals surface area (Å²) in [7, 11) is 1.55. The van der Waals surface area contributed by atoms with Gasteiger partial charge in [0.05, 0.1) is 31.2 Å².